The summed E-state index contributed by atoms with van der Waals surface area (Å²) >= 11 is 0. The van der Waals surface area contributed by atoms with E-state index >= 15 is 0 Å². The van der Waals surface area contributed by atoms with Crippen molar-refractivity contribution in [3.8, 4) is 6.07 Å². The molecule has 0 aromatic carbocycles. The minimum atomic E-state index is -0.963. The standard InChI is InChI=1S/C21H37N7O4.C9H18.C2H6/c1-5-21(3,16-22)25-18(29)17(2)23-19(28-11-13-31-14-12-28)24-20(30)32-15-10-27-8-6-26(4)7-9-27;1-9(2,3)8-6-4-5-7-8;1-2/h17H,5-15H2,1-4H3,(H,25,29)(H,23,24,30);8H,4-7H2,1-3H3;1-2H3/t17-,21?;;/m0../s1. The minimum Gasteiger partial charge on any atom is -0.448 e. The molecule has 3 fully saturated rings. The Morgan fingerprint density at radius 1 is 1.05 bits per heavy atom. The normalized spacial score (nSPS) is 20.7. The second-order valence-corrected chi connectivity index (χ2v) is 12.8. The van der Waals surface area contributed by atoms with E-state index in [1.807, 2.05) is 25.7 Å². The van der Waals surface area contributed by atoms with Gasteiger partial charge in [0.2, 0.25) is 11.9 Å². The molecule has 2 atom stereocenters. The van der Waals surface area contributed by atoms with Crippen LogP contribution < -0.4 is 10.6 Å². The van der Waals surface area contributed by atoms with Crippen LogP contribution in [-0.2, 0) is 14.3 Å². The maximum absolute atomic E-state index is 12.6. The van der Waals surface area contributed by atoms with Crippen LogP contribution in [-0.4, -0.2) is 117 Å². The number of carbonyl (C=O) groups excluding carboxylic acids is 2. The highest BCUT2D eigenvalue weighted by Gasteiger charge is 2.28. The number of nitriles is 1. The summed E-state index contributed by atoms with van der Waals surface area (Å²) in [6, 6.07) is 1.32. The molecule has 1 aliphatic carbocycles. The zero-order valence-corrected chi connectivity index (χ0v) is 28.6. The summed E-state index contributed by atoms with van der Waals surface area (Å²) in [4.78, 5) is 35.8. The molecule has 2 amide bonds. The fraction of sp³-hybridized carbons (Fsp3) is 0.875. The Kier molecular flexibility index (Phi) is 17.8. The summed E-state index contributed by atoms with van der Waals surface area (Å²) in [7, 11) is 2.10. The first-order valence-electron chi connectivity index (χ1n) is 16.4. The molecule has 11 heteroatoms. The lowest BCUT2D eigenvalue weighted by molar-refractivity contribution is -0.123. The predicted molar refractivity (Wildman–Crippen MR) is 173 cm³/mol. The van der Waals surface area contributed by atoms with Crippen molar-refractivity contribution in [1.29, 1.82) is 5.26 Å². The third-order valence-corrected chi connectivity index (χ3v) is 8.39. The monoisotopic (exact) mass is 607 g/mol. The van der Waals surface area contributed by atoms with Crippen molar-refractivity contribution in [1.82, 2.24) is 25.3 Å². The lowest BCUT2D eigenvalue weighted by Gasteiger charge is -2.32. The summed E-state index contributed by atoms with van der Waals surface area (Å²) in [5, 5.41) is 14.7. The van der Waals surface area contributed by atoms with Crippen LogP contribution in [0.3, 0.4) is 0 Å². The molecule has 248 valence electrons. The summed E-state index contributed by atoms with van der Waals surface area (Å²) < 4.78 is 10.7. The lowest BCUT2D eigenvalue weighted by Crippen LogP contribution is -2.52. The van der Waals surface area contributed by atoms with Crippen LogP contribution in [0.5, 0.6) is 0 Å². The highest BCUT2D eigenvalue weighted by Crippen LogP contribution is 2.38. The number of hydrogen-bond donors (Lipinski definition) is 2. The molecule has 0 spiro atoms. The summed E-state index contributed by atoms with van der Waals surface area (Å²) in [5.41, 5.74) is -0.383. The largest absolute Gasteiger partial charge is 0.448 e. The van der Waals surface area contributed by atoms with Gasteiger partial charge in [0.15, 0.2) is 0 Å². The zero-order valence-electron chi connectivity index (χ0n) is 28.6. The summed E-state index contributed by atoms with van der Waals surface area (Å²) in [5.74, 6) is 0.903. The molecule has 3 rings (SSSR count). The van der Waals surface area contributed by atoms with Gasteiger partial charge in [-0.1, -0.05) is 54.4 Å². The van der Waals surface area contributed by atoms with E-state index < -0.39 is 17.7 Å². The van der Waals surface area contributed by atoms with E-state index in [1.54, 1.807) is 13.8 Å². The Morgan fingerprint density at radius 3 is 2.12 bits per heavy atom. The number of nitrogens with zero attached hydrogens (tertiary/aromatic N) is 5. The van der Waals surface area contributed by atoms with E-state index in [4.69, 9.17) is 9.47 Å². The Hall–Kier alpha value is -2.42. The number of nitrogens with one attached hydrogen (secondary N) is 2. The summed E-state index contributed by atoms with van der Waals surface area (Å²) in [6.45, 7) is 23.2. The molecule has 0 radical (unpaired) electrons. The fourth-order valence-electron chi connectivity index (χ4n) is 5.04. The molecule has 0 bridgehead atoms. The number of likely N-dealkylation sites (N-methyl/N-ethyl adjacent to an activating group) is 1. The van der Waals surface area contributed by atoms with Gasteiger partial charge in [0.25, 0.3) is 0 Å². The Labute approximate surface area is 261 Å². The molecule has 2 N–H and O–H groups in total. The molecular weight excluding hydrogens is 546 g/mol. The lowest BCUT2D eigenvalue weighted by atomic mass is 9.80. The van der Waals surface area contributed by atoms with E-state index in [9.17, 15) is 14.9 Å². The quantitative estimate of drug-likeness (QED) is 0.328. The molecular formula is C32H61N7O4. The van der Waals surface area contributed by atoms with Crippen LogP contribution in [0.15, 0.2) is 4.99 Å². The predicted octanol–water partition coefficient (Wildman–Crippen LogP) is 4.09. The van der Waals surface area contributed by atoms with Crippen molar-refractivity contribution in [2.75, 3.05) is 72.7 Å². The van der Waals surface area contributed by atoms with Gasteiger partial charge in [-0.25, -0.2) is 9.79 Å². The number of guanidine groups is 1. The number of hydrogen-bond acceptors (Lipinski definition) is 8. The number of amides is 2. The van der Waals surface area contributed by atoms with Crippen molar-refractivity contribution in [3.63, 3.8) is 0 Å². The molecule has 0 aromatic rings. The van der Waals surface area contributed by atoms with Gasteiger partial charge < -0.3 is 24.6 Å². The van der Waals surface area contributed by atoms with Crippen molar-refractivity contribution >= 4 is 18.0 Å². The summed E-state index contributed by atoms with van der Waals surface area (Å²) in [6.07, 6.45) is 5.77. The number of carbonyl (C=O) groups is 2. The minimum absolute atomic E-state index is 0.274. The Morgan fingerprint density at radius 2 is 1.63 bits per heavy atom. The zero-order chi connectivity index (χ0) is 32.5. The maximum Gasteiger partial charge on any atom is 0.414 e. The molecule has 2 heterocycles. The molecule has 1 unspecified atom stereocenters. The second-order valence-electron chi connectivity index (χ2n) is 12.8. The maximum atomic E-state index is 12.6. The van der Waals surface area contributed by atoms with Gasteiger partial charge in [-0.05, 0) is 51.5 Å². The second kappa shape index (κ2) is 19.8. The third kappa shape index (κ3) is 14.7. The molecule has 2 saturated heterocycles. The van der Waals surface area contributed by atoms with Crippen LogP contribution in [0.25, 0.3) is 0 Å². The number of rotatable bonds is 7. The van der Waals surface area contributed by atoms with Crippen molar-refractivity contribution in [3.05, 3.63) is 0 Å². The third-order valence-electron chi connectivity index (χ3n) is 8.39. The SMILES string of the molecule is CC.CC(C)(C)C1CCCC1.CCC(C)(C#N)NC(=O)[C@H](C)N=C(NC(=O)OCCN1CCN(C)CC1)N1CCOCC1. The first kappa shape index (κ1) is 38.6. The van der Waals surface area contributed by atoms with Crippen LogP contribution in [0.4, 0.5) is 4.79 Å². The number of ether oxygens (including phenoxy) is 2. The van der Waals surface area contributed by atoms with Gasteiger partial charge in [-0.3, -0.25) is 15.0 Å². The number of alkyl carbamates (subject to hydrolysis) is 1. The van der Waals surface area contributed by atoms with Gasteiger partial charge in [0, 0.05) is 45.8 Å². The van der Waals surface area contributed by atoms with Crippen LogP contribution in [0.2, 0.25) is 0 Å². The Bertz CT molecular complexity index is 881. The Balaban J connectivity index is 0.000000707. The van der Waals surface area contributed by atoms with E-state index in [-0.39, 0.29) is 18.5 Å². The van der Waals surface area contributed by atoms with Gasteiger partial charge in [0.1, 0.15) is 18.2 Å². The molecule has 0 aromatic heterocycles. The average molecular weight is 608 g/mol. The first-order chi connectivity index (χ1) is 20.4. The topological polar surface area (TPSA) is 123 Å². The van der Waals surface area contributed by atoms with Crippen molar-refractivity contribution < 1.29 is 19.1 Å². The van der Waals surface area contributed by atoms with Crippen LogP contribution >= 0.6 is 0 Å². The number of aliphatic imine (C=N–C) groups is 1. The van der Waals surface area contributed by atoms with Crippen LogP contribution in [0.1, 0.15) is 87.5 Å². The van der Waals surface area contributed by atoms with E-state index in [2.05, 4.69) is 59.3 Å². The van der Waals surface area contributed by atoms with Crippen molar-refractivity contribution in [2.24, 2.45) is 16.3 Å². The first-order valence-corrected chi connectivity index (χ1v) is 16.4. The highest BCUT2D eigenvalue weighted by atomic mass is 16.5. The average Bonchev–Trinajstić information content (AvgIpc) is 3.56. The molecule has 2 aliphatic heterocycles. The van der Waals surface area contributed by atoms with E-state index in [1.165, 1.54) is 25.7 Å². The van der Waals surface area contributed by atoms with Gasteiger partial charge in [0.05, 0.1) is 19.3 Å². The number of morpholine rings is 1. The molecule has 1 saturated carbocycles. The molecule has 3 aliphatic rings. The van der Waals surface area contributed by atoms with Gasteiger partial charge >= 0.3 is 6.09 Å². The van der Waals surface area contributed by atoms with Crippen molar-refractivity contribution in [2.45, 2.75) is 99.1 Å². The smallest absolute Gasteiger partial charge is 0.414 e. The molecule has 43 heavy (non-hydrogen) atoms. The molecule has 11 nitrogen and oxygen atoms in total. The van der Waals surface area contributed by atoms with E-state index in [0.29, 0.717) is 44.7 Å². The fourth-order valence-corrected chi connectivity index (χ4v) is 5.04. The van der Waals surface area contributed by atoms with Crippen LogP contribution in [0, 0.1) is 22.7 Å². The van der Waals surface area contributed by atoms with E-state index in [0.717, 1.165) is 32.1 Å². The van der Waals surface area contributed by atoms with Gasteiger partial charge in [-0.2, -0.15) is 5.26 Å². The highest BCUT2D eigenvalue weighted by molar-refractivity contribution is 5.95. The number of piperazine rings is 1. The van der Waals surface area contributed by atoms with Gasteiger partial charge in [-0.15, -0.1) is 0 Å².